The van der Waals surface area contributed by atoms with Gasteiger partial charge in [-0.15, -0.1) is 0 Å². The molecule has 0 aliphatic heterocycles. The standard InChI is InChI=1S/C13H21ClN2O2S2/c1-10(19-3)6-7-16-20(17,18)13-8-11(9-15-2)4-5-12(13)14/h4-5,8,10,15-16H,6-7,9H2,1-3H3. The van der Waals surface area contributed by atoms with Crippen molar-refractivity contribution in [1.82, 2.24) is 10.0 Å². The molecular weight excluding hydrogens is 316 g/mol. The van der Waals surface area contributed by atoms with E-state index in [4.69, 9.17) is 11.6 Å². The van der Waals surface area contributed by atoms with Crippen LogP contribution in [0.15, 0.2) is 23.1 Å². The Morgan fingerprint density at radius 3 is 2.70 bits per heavy atom. The second kappa shape index (κ2) is 8.24. The predicted molar refractivity (Wildman–Crippen MR) is 87.0 cm³/mol. The third kappa shape index (κ3) is 5.26. The molecule has 20 heavy (non-hydrogen) atoms. The first-order chi connectivity index (χ1) is 9.40. The van der Waals surface area contributed by atoms with E-state index in [1.165, 1.54) is 0 Å². The van der Waals surface area contributed by atoms with Crippen LogP contribution in [0.3, 0.4) is 0 Å². The summed E-state index contributed by atoms with van der Waals surface area (Å²) in [5, 5.41) is 3.65. The highest BCUT2D eigenvalue weighted by Gasteiger charge is 2.18. The van der Waals surface area contributed by atoms with Gasteiger partial charge in [-0.3, -0.25) is 0 Å². The number of halogens is 1. The number of rotatable bonds is 8. The van der Waals surface area contributed by atoms with E-state index in [2.05, 4.69) is 17.0 Å². The van der Waals surface area contributed by atoms with Crippen LogP contribution in [0.25, 0.3) is 0 Å². The fourth-order valence-corrected chi connectivity index (χ4v) is 3.61. The lowest BCUT2D eigenvalue weighted by Crippen LogP contribution is -2.26. The van der Waals surface area contributed by atoms with Crippen LogP contribution in [0.2, 0.25) is 5.02 Å². The Morgan fingerprint density at radius 2 is 2.10 bits per heavy atom. The zero-order chi connectivity index (χ0) is 15.2. The molecule has 0 bridgehead atoms. The Balaban J connectivity index is 2.83. The minimum atomic E-state index is -3.55. The smallest absolute Gasteiger partial charge is 0.242 e. The maximum absolute atomic E-state index is 12.3. The molecule has 2 N–H and O–H groups in total. The Bertz CT molecular complexity index is 535. The lowest BCUT2D eigenvalue weighted by atomic mass is 10.2. The van der Waals surface area contributed by atoms with Gasteiger partial charge >= 0.3 is 0 Å². The molecule has 1 unspecified atom stereocenters. The number of benzene rings is 1. The molecule has 1 atom stereocenters. The summed E-state index contributed by atoms with van der Waals surface area (Å²) in [4.78, 5) is 0.142. The normalized spacial score (nSPS) is 13.4. The summed E-state index contributed by atoms with van der Waals surface area (Å²) in [5.74, 6) is 0. The van der Waals surface area contributed by atoms with Crippen LogP contribution in [0.5, 0.6) is 0 Å². The highest BCUT2D eigenvalue weighted by Crippen LogP contribution is 2.22. The minimum Gasteiger partial charge on any atom is -0.316 e. The van der Waals surface area contributed by atoms with Crippen molar-refractivity contribution < 1.29 is 8.42 Å². The van der Waals surface area contributed by atoms with Crippen LogP contribution in [0.4, 0.5) is 0 Å². The molecule has 1 aromatic rings. The van der Waals surface area contributed by atoms with Crippen LogP contribution < -0.4 is 10.0 Å². The van der Waals surface area contributed by atoms with Crippen molar-refractivity contribution in [3.8, 4) is 0 Å². The summed E-state index contributed by atoms with van der Waals surface area (Å²) < 4.78 is 27.1. The van der Waals surface area contributed by atoms with Crippen LogP contribution >= 0.6 is 23.4 Å². The summed E-state index contributed by atoms with van der Waals surface area (Å²) in [6, 6.07) is 5.04. The lowest BCUT2D eigenvalue weighted by molar-refractivity contribution is 0.579. The van der Waals surface area contributed by atoms with E-state index in [1.807, 2.05) is 19.4 Å². The Kier molecular flexibility index (Phi) is 7.33. The van der Waals surface area contributed by atoms with Crippen LogP contribution in [-0.4, -0.2) is 33.5 Å². The molecule has 0 aliphatic rings. The van der Waals surface area contributed by atoms with Gasteiger partial charge in [0.25, 0.3) is 0 Å². The summed E-state index contributed by atoms with van der Waals surface area (Å²) in [6.07, 6.45) is 2.80. The molecule has 0 amide bonds. The SMILES string of the molecule is CNCc1ccc(Cl)c(S(=O)(=O)NCCC(C)SC)c1. The molecule has 114 valence electrons. The first-order valence-electron chi connectivity index (χ1n) is 6.36. The third-order valence-corrected chi connectivity index (χ3v) is 5.89. The molecule has 7 heteroatoms. The Hall–Kier alpha value is -0.270. The quantitative estimate of drug-likeness (QED) is 0.765. The van der Waals surface area contributed by atoms with E-state index in [1.54, 1.807) is 23.9 Å². The predicted octanol–water partition coefficient (Wildman–Crippen LogP) is 2.48. The minimum absolute atomic E-state index is 0.142. The Morgan fingerprint density at radius 1 is 1.40 bits per heavy atom. The molecule has 0 radical (unpaired) electrons. The van der Waals surface area contributed by atoms with Crippen molar-refractivity contribution in [2.24, 2.45) is 0 Å². The summed E-state index contributed by atoms with van der Waals surface area (Å²) in [7, 11) is -1.74. The van der Waals surface area contributed by atoms with Crippen molar-refractivity contribution >= 4 is 33.4 Å². The number of hydrogen-bond acceptors (Lipinski definition) is 4. The van der Waals surface area contributed by atoms with Gasteiger partial charge in [-0.05, 0) is 37.4 Å². The van der Waals surface area contributed by atoms with Gasteiger partial charge in [-0.2, -0.15) is 11.8 Å². The molecule has 0 saturated carbocycles. The molecule has 0 heterocycles. The van der Waals surface area contributed by atoms with Crippen molar-refractivity contribution in [1.29, 1.82) is 0 Å². The molecule has 0 aliphatic carbocycles. The lowest BCUT2D eigenvalue weighted by Gasteiger charge is -2.12. The number of sulfonamides is 1. The molecule has 4 nitrogen and oxygen atoms in total. The number of thioether (sulfide) groups is 1. The summed E-state index contributed by atoms with van der Waals surface area (Å²) in [6.45, 7) is 3.08. The Labute approximate surface area is 130 Å². The van der Waals surface area contributed by atoms with E-state index < -0.39 is 10.0 Å². The monoisotopic (exact) mass is 336 g/mol. The molecule has 1 rings (SSSR count). The van der Waals surface area contributed by atoms with E-state index in [-0.39, 0.29) is 9.92 Å². The zero-order valence-corrected chi connectivity index (χ0v) is 14.3. The summed E-state index contributed by atoms with van der Waals surface area (Å²) >= 11 is 7.72. The summed E-state index contributed by atoms with van der Waals surface area (Å²) in [5.41, 5.74) is 0.884. The van der Waals surface area contributed by atoms with Gasteiger partial charge in [-0.25, -0.2) is 13.1 Å². The highest BCUT2D eigenvalue weighted by molar-refractivity contribution is 7.99. The molecular formula is C13H21ClN2O2S2. The second-order valence-electron chi connectivity index (χ2n) is 4.53. The van der Waals surface area contributed by atoms with Gasteiger partial charge in [-0.1, -0.05) is 24.6 Å². The first kappa shape index (κ1) is 17.8. The van der Waals surface area contributed by atoms with Crippen LogP contribution in [0, 0.1) is 0 Å². The van der Waals surface area contributed by atoms with Gasteiger partial charge in [0.1, 0.15) is 4.90 Å². The van der Waals surface area contributed by atoms with E-state index >= 15 is 0 Å². The van der Waals surface area contributed by atoms with Gasteiger partial charge in [0, 0.05) is 18.3 Å². The van der Waals surface area contributed by atoms with E-state index in [9.17, 15) is 8.42 Å². The van der Waals surface area contributed by atoms with Crippen molar-refractivity contribution in [2.45, 2.75) is 30.0 Å². The molecule has 0 fully saturated rings. The fourth-order valence-electron chi connectivity index (χ4n) is 1.66. The average Bonchev–Trinajstić information content (AvgIpc) is 2.40. The number of hydrogen-bond donors (Lipinski definition) is 2. The maximum atomic E-state index is 12.3. The van der Waals surface area contributed by atoms with Crippen molar-refractivity contribution in [2.75, 3.05) is 19.8 Å². The number of nitrogens with one attached hydrogen (secondary N) is 2. The van der Waals surface area contributed by atoms with Gasteiger partial charge in [0.05, 0.1) is 5.02 Å². The van der Waals surface area contributed by atoms with E-state index in [0.29, 0.717) is 18.3 Å². The zero-order valence-electron chi connectivity index (χ0n) is 11.9. The van der Waals surface area contributed by atoms with Crippen LogP contribution in [-0.2, 0) is 16.6 Å². The average molecular weight is 337 g/mol. The van der Waals surface area contributed by atoms with Crippen molar-refractivity contribution in [3.05, 3.63) is 28.8 Å². The van der Waals surface area contributed by atoms with Crippen LogP contribution in [0.1, 0.15) is 18.9 Å². The second-order valence-corrected chi connectivity index (χ2v) is 7.95. The largest absolute Gasteiger partial charge is 0.316 e. The molecule has 0 spiro atoms. The van der Waals surface area contributed by atoms with Gasteiger partial charge in [0.2, 0.25) is 10.0 Å². The highest BCUT2D eigenvalue weighted by atomic mass is 35.5. The molecule has 1 aromatic carbocycles. The van der Waals surface area contributed by atoms with Gasteiger partial charge in [0.15, 0.2) is 0 Å². The molecule has 0 aromatic heterocycles. The topological polar surface area (TPSA) is 58.2 Å². The van der Waals surface area contributed by atoms with Crippen molar-refractivity contribution in [3.63, 3.8) is 0 Å². The van der Waals surface area contributed by atoms with E-state index in [0.717, 1.165) is 12.0 Å². The van der Waals surface area contributed by atoms with Gasteiger partial charge < -0.3 is 5.32 Å². The third-order valence-electron chi connectivity index (χ3n) is 2.91. The first-order valence-corrected chi connectivity index (χ1v) is 9.51. The maximum Gasteiger partial charge on any atom is 0.242 e. The fraction of sp³-hybridized carbons (Fsp3) is 0.538. The molecule has 0 saturated heterocycles.